The van der Waals surface area contributed by atoms with Crippen LogP contribution in [0.4, 0.5) is 0 Å². The number of nitrogens with one attached hydrogen (secondary N) is 2. The summed E-state index contributed by atoms with van der Waals surface area (Å²) in [6.45, 7) is 6.22. The Hall–Kier alpha value is -0.870. The molecule has 0 aromatic heterocycles. The van der Waals surface area contributed by atoms with Crippen molar-refractivity contribution >= 4 is 39.8 Å². The molecule has 0 unspecified atom stereocenters. The number of piperidine rings is 1. The van der Waals surface area contributed by atoms with Crippen LogP contribution in [0.25, 0.3) is 0 Å². The minimum atomic E-state index is -3.21. The summed E-state index contributed by atoms with van der Waals surface area (Å²) in [5.41, 5.74) is 0. The first-order valence-electron chi connectivity index (χ1n) is 9.52. The van der Waals surface area contributed by atoms with Crippen LogP contribution in [0, 0.1) is 0 Å². The second kappa shape index (κ2) is 12.6. The molecule has 0 amide bonds. The van der Waals surface area contributed by atoms with Crippen molar-refractivity contribution in [2.24, 2.45) is 4.99 Å². The summed E-state index contributed by atoms with van der Waals surface area (Å²) in [4.78, 5) is 7.15. The lowest BCUT2D eigenvalue weighted by atomic mass is 10.1. The van der Waals surface area contributed by atoms with Crippen LogP contribution in [-0.4, -0.2) is 64.3 Å². The van der Waals surface area contributed by atoms with Gasteiger partial charge in [0.25, 0.3) is 0 Å². The van der Waals surface area contributed by atoms with E-state index in [0.717, 1.165) is 31.9 Å². The average Bonchev–Trinajstić information content (AvgIpc) is 2.66. The van der Waals surface area contributed by atoms with E-state index in [1.807, 2.05) is 6.07 Å². The van der Waals surface area contributed by atoms with Crippen LogP contribution in [0.5, 0.6) is 0 Å². The molecule has 0 bridgehead atoms. The number of aliphatic imine (C=N–C) groups is 1. The molecule has 1 aliphatic rings. The van der Waals surface area contributed by atoms with Gasteiger partial charge in [-0.15, -0.1) is 24.0 Å². The number of benzene rings is 1. The van der Waals surface area contributed by atoms with Gasteiger partial charge in [0.2, 0.25) is 0 Å². The first-order chi connectivity index (χ1) is 12.5. The molecule has 27 heavy (non-hydrogen) atoms. The molecule has 1 aliphatic heterocycles. The van der Waals surface area contributed by atoms with Crippen molar-refractivity contribution < 1.29 is 8.42 Å². The molecule has 2 rings (SSSR count). The Bertz CT molecular complexity index is 660. The molecule has 1 aromatic carbocycles. The molecular weight excluding hydrogens is 475 g/mol. The van der Waals surface area contributed by atoms with E-state index in [0.29, 0.717) is 23.9 Å². The normalized spacial score (nSPS) is 16.6. The molecule has 0 spiro atoms. The Morgan fingerprint density at radius 2 is 1.89 bits per heavy atom. The molecule has 0 atom stereocenters. The number of halogens is 1. The maximum absolute atomic E-state index is 12.3. The van der Waals surface area contributed by atoms with Gasteiger partial charge in [0, 0.05) is 32.7 Å². The van der Waals surface area contributed by atoms with Gasteiger partial charge in [-0.25, -0.2) is 8.42 Å². The third-order valence-electron chi connectivity index (χ3n) is 4.68. The van der Waals surface area contributed by atoms with Crippen LogP contribution in [0.1, 0.15) is 32.6 Å². The summed E-state index contributed by atoms with van der Waals surface area (Å²) >= 11 is 0. The zero-order chi connectivity index (χ0) is 18.8. The molecule has 8 heteroatoms. The quantitative estimate of drug-likeness (QED) is 0.244. The molecule has 1 aromatic rings. The van der Waals surface area contributed by atoms with E-state index in [1.54, 1.807) is 31.3 Å². The highest BCUT2D eigenvalue weighted by Gasteiger charge is 2.19. The zero-order valence-corrected chi connectivity index (χ0v) is 19.5. The molecule has 2 N–H and O–H groups in total. The fourth-order valence-electron chi connectivity index (χ4n) is 3.22. The molecule has 1 saturated heterocycles. The predicted octanol–water partition coefficient (Wildman–Crippen LogP) is 2.51. The Morgan fingerprint density at radius 1 is 1.22 bits per heavy atom. The lowest BCUT2D eigenvalue weighted by Gasteiger charge is -2.32. The summed E-state index contributed by atoms with van der Waals surface area (Å²) in [7, 11) is -1.46. The summed E-state index contributed by atoms with van der Waals surface area (Å²) in [6, 6.07) is 9.05. The van der Waals surface area contributed by atoms with Crippen LogP contribution in [0.15, 0.2) is 40.2 Å². The number of hydrogen-bond donors (Lipinski definition) is 2. The monoisotopic (exact) mass is 508 g/mol. The van der Waals surface area contributed by atoms with Gasteiger partial charge >= 0.3 is 0 Å². The first-order valence-corrected chi connectivity index (χ1v) is 11.2. The van der Waals surface area contributed by atoms with Crippen molar-refractivity contribution in [1.29, 1.82) is 0 Å². The van der Waals surface area contributed by atoms with Gasteiger partial charge in [-0.3, -0.25) is 4.99 Å². The molecule has 154 valence electrons. The number of hydrogen-bond acceptors (Lipinski definition) is 4. The SMILES string of the molecule is CCCN1CCC(NC(=NC)NCCCS(=O)(=O)c2ccccc2)CC1.I. The van der Waals surface area contributed by atoms with Crippen LogP contribution in [-0.2, 0) is 9.84 Å². The first kappa shape index (κ1) is 24.2. The smallest absolute Gasteiger partial charge is 0.191 e. The van der Waals surface area contributed by atoms with Gasteiger partial charge in [-0.2, -0.15) is 0 Å². The molecule has 1 heterocycles. The summed E-state index contributed by atoms with van der Waals surface area (Å²) in [5, 5.41) is 6.70. The number of nitrogens with zero attached hydrogens (tertiary/aromatic N) is 2. The Balaban J connectivity index is 0.00000364. The maximum Gasteiger partial charge on any atom is 0.191 e. The largest absolute Gasteiger partial charge is 0.356 e. The van der Waals surface area contributed by atoms with Crippen LogP contribution < -0.4 is 10.6 Å². The Kier molecular flexibility index (Phi) is 11.2. The van der Waals surface area contributed by atoms with E-state index in [4.69, 9.17) is 0 Å². The topological polar surface area (TPSA) is 73.8 Å². The molecule has 1 fully saturated rings. The molecule has 0 aliphatic carbocycles. The van der Waals surface area contributed by atoms with E-state index in [2.05, 4.69) is 27.4 Å². The second-order valence-corrected chi connectivity index (χ2v) is 8.85. The van der Waals surface area contributed by atoms with E-state index < -0.39 is 9.84 Å². The van der Waals surface area contributed by atoms with Crippen LogP contribution in [0.3, 0.4) is 0 Å². The number of sulfone groups is 1. The fourth-order valence-corrected chi connectivity index (χ4v) is 4.55. The third kappa shape index (κ3) is 8.35. The second-order valence-electron chi connectivity index (χ2n) is 6.74. The standard InChI is InChI=1S/C19H32N4O2S.HI/c1-3-13-23-14-10-17(11-15-23)22-19(20-2)21-12-7-16-26(24,25)18-8-5-4-6-9-18;/h4-6,8-9,17H,3,7,10-16H2,1-2H3,(H2,20,21,22);1H. The number of rotatable bonds is 8. The highest BCUT2D eigenvalue weighted by atomic mass is 127. The summed E-state index contributed by atoms with van der Waals surface area (Å²) < 4.78 is 24.5. The Morgan fingerprint density at radius 3 is 2.48 bits per heavy atom. The Labute approximate surface area is 181 Å². The van der Waals surface area contributed by atoms with Crippen molar-refractivity contribution in [3.8, 4) is 0 Å². The minimum Gasteiger partial charge on any atom is -0.356 e. The highest BCUT2D eigenvalue weighted by molar-refractivity contribution is 14.0. The molecule has 0 saturated carbocycles. The molecule has 0 radical (unpaired) electrons. The van der Waals surface area contributed by atoms with Gasteiger partial charge < -0.3 is 15.5 Å². The van der Waals surface area contributed by atoms with Crippen molar-refractivity contribution in [3.05, 3.63) is 30.3 Å². The summed E-state index contributed by atoms with van der Waals surface area (Å²) in [5.74, 6) is 0.896. The van der Waals surface area contributed by atoms with E-state index in [-0.39, 0.29) is 29.7 Å². The lowest BCUT2D eigenvalue weighted by molar-refractivity contribution is 0.206. The predicted molar refractivity (Wildman–Crippen MR) is 123 cm³/mol. The van der Waals surface area contributed by atoms with Gasteiger partial charge in [-0.1, -0.05) is 25.1 Å². The maximum atomic E-state index is 12.3. The van der Waals surface area contributed by atoms with E-state index >= 15 is 0 Å². The van der Waals surface area contributed by atoms with Gasteiger partial charge in [0.15, 0.2) is 15.8 Å². The van der Waals surface area contributed by atoms with E-state index in [1.165, 1.54) is 13.0 Å². The van der Waals surface area contributed by atoms with Crippen molar-refractivity contribution in [2.45, 2.75) is 43.5 Å². The van der Waals surface area contributed by atoms with Crippen LogP contribution in [0.2, 0.25) is 0 Å². The van der Waals surface area contributed by atoms with Crippen molar-refractivity contribution in [1.82, 2.24) is 15.5 Å². The summed E-state index contributed by atoms with van der Waals surface area (Å²) in [6.07, 6.45) is 3.98. The third-order valence-corrected chi connectivity index (χ3v) is 6.49. The minimum absolute atomic E-state index is 0. The molecular formula is C19H33IN4O2S. The lowest BCUT2D eigenvalue weighted by Crippen LogP contribution is -2.49. The van der Waals surface area contributed by atoms with Gasteiger partial charge in [0.1, 0.15) is 0 Å². The van der Waals surface area contributed by atoms with Crippen molar-refractivity contribution in [3.63, 3.8) is 0 Å². The van der Waals surface area contributed by atoms with Gasteiger partial charge in [0.05, 0.1) is 10.6 Å². The van der Waals surface area contributed by atoms with Crippen molar-refractivity contribution in [2.75, 3.05) is 39.0 Å². The average molecular weight is 508 g/mol. The zero-order valence-electron chi connectivity index (χ0n) is 16.4. The van der Waals surface area contributed by atoms with E-state index in [9.17, 15) is 8.42 Å². The van der Waals surface area contributed by atoms with Crippen LogP contribution >= 0.6 is 24.0 Å². The number of likely N-dealkylation sites (tertiary alicyclic amines) is 1. The highest BCUT2D eigenvalue weighted by Crippen LogP contribution is 2.11. The fraction of sp³-hybridized carbons (Fsp3) is 0.632. The molecule has 6 nitrogen and oxygen atoms in total. The van der Waals surface area contributed by atoms with Gasteiger partial charge in [-0.05, 0) is 44.4 Å². The number of guanidine groups is 1.